The Labute approximate surface area is 218 Å². The van der Waals surface area contributed by atoms with Crippen molar-refractivity contribution in [1.82, 2.24) is 9.66 Å². The molecule has 0 saturated carbocycles. The molecule has 0 radical (unpaired) electrons. The van der Waals surface area contributed by atoms with Gasteiger partial charge in [0.25, 0.3) is 5.56 Å². The lowest BCUT2D eigenvalue weighted by Crippen LogP contribution is -2.22. The van der Waals surface area contributed by atoms with Crippen molar-refractivity contribution in [3.63, 3.8) is 0 Å². The van der Waals surface area contributed by atoms with E-state index in [1.165, 1.54) is 41.2 Å². The fourth-order valence-corrected chi connectivity index (χ4v) is 4.20. The number of aryl methyl sites for hydroxylation is 1. The van der Waals surface area contributed by atoms with Crippen LogP contribution in [0.25, 0.3) is 10.9 Å². The smallest absolute Gasteiger partial charge is 0.313 e. The molecule has 0 aliphatic heterocycles. The van der Waals surface area contributed by atoms with Gasteiger partial charge >= 0.3 is 5.69 Å². The molecule has 11 heteroatoms. The van der Waals surface area contributed by atoms with Crippen molar-refractivity contribution in [3.8, 4) is 5.75 Å². The zero-order valence-corrected chi connectivity index (χ0v) is 21.3. The van der Waals surface area contributed by atoms with Crippen molar-refractivity contribution < 1.29 is 14.1 Å². The molecule has 36 heavy (non-hydrogen) atoms. The van der Waals surface area contributed by atoms with Gasteiger partial charge in [0.1, 0.15) is 18.2 Å². The number of hydrogen-bond donors (Lipinski definition) is 0. The van der Waals surface area contributed by atoms with Gasteiger partial charge < -0.3 is 4.74 Å². The summed E-state index contributed by atoms with van der Waals surface area (Å²) in [6.07, 6.45) is 2.55. The highest BCUT2D eigenvalue weighted by Crippen LogP contribution is 2.36. The van der Waals surface area contributed by atoms with Gasteiger partial charge in [-0.25, -0.2) is 9.37 Å². The molecule has 3 aromatic carbocycles. The van der Waals surface area contributed by atoms with Crippen LogP contribution < -0.4 is 10.3 Å². The molecule has 8 nitrogen and oxygen atoms in total. The summed E-state index contributed by atoms with van der Waals surface area (Å²) in [5, 5.41) is 16.4. The van der Waals surface area contributed by atoms with Crippen molar-refractivity contribution in [1.29, 1.82) is 0 Å². The van der Waals surface area contributed by atoms with E-state index in [9.17, 15) is 19.3 Å². The summed E-state index contributed by atoms with van der Waals surface area (Å²) in [4.78, 5) is 28.8. The number of nitro benzene ring substituents is 1. The van der Waals surface area contributed by atoms with E-state index in [0.717, 1.165) is 10.9 Å². The quantitative estimate of drug-likeness (QED) is 0.140. The minimum absolute atomic E-state index is 0.0243. The predicted octanol–water partition coefficient (Wildman–Crippen LogP) is 6.27. The van der Waals surface area contributed by atoms with Crippen LogP contribution >= 0.6 is 27.5 Å². The van der Waals surface area contributed by atoms with Crippen molar-refractivity contribution in [2.75, 3.05) is 0 Å². The highest BCUT2D eigenvalue weighted by atomic mass is 79.9. The van der Waals surface area contributed by atoms with Gasteiger partial charge in [-0.2, -0.15) is 9.78 Å². The molecule has 0 spiro atoms. The van der Waals surface area contributed by atoms with Gasteiger partial charge in [-0.3, -0.25) is 14.9 Å². The molecule has 4 aromatic rings. The van der Waals surface area contributed by atoms with Crippen molar-refractivity contribution in [3.05, 3.63) is 107 Å². The second kappa shape index (κ2) is 11.0. The summed E-state index contributed by atoms with van der Waals surface area (Å²) in [5.74, 6) is -0.134. The van der Waals surface area contributed by atoms with Gasteiger partial charge in [0.2, 0.25) is 5.75 Å². The van der Waals surface area contributed by atoms with Gasteiger partial charge in [0, 0.05) is 22.5 Å². The Kier molecular flexibility index (Phi) is 7.76. The Balaban J connectivity index is 1.71. The Hall–Kier alpha value is -3.63. The van der Waals surface area contributed by atoms with Crippen LogP contribution in [-0.2, 0) is 13.0 Å². The van der Waals surface area contributed by atoms with E-state index >= 15 is 0 Å². The van der Waals surface area contributed by atoms with Crippen LogP contribution in [0.15, 0.2) is 69.0 Å². The van der Waals surface area contributed by atoms with Crippen LogP contribution in [0, 0.1) is 15.9 Å². The van der Waals surface area contributed by atoms with Crippen LogP contribution in [0.4, 0.5) is 10.1 Å². The standard InChI is InChI=1S/C25H19BrClFN4O4/c1-2-4-23-30-21-8-7-17(26)12-19(21)25(33)31(23)29-13-16-10-20(27)24(22(11-16)32(34)35)36-14-15-5-3-6-18(28)9-15/h3,5-13H,2,4,14H2,1H3. The Morgan fingerprint density at radius 1 is 1.25 bits per heavy atom. The molecule has 0 saturated heterocycles. The second-order valence-corrected chi connectivity index (χ2v) is 9.15. The minimum atomic E-state index is -0.631. The first kappa shape index (κ1) is 25.5. The van der Waals surface area contributed by atoms with Gasteiger partial charge in [0.05, 0.1) is 27.1 Å². The normalized spacial score (nSPS) is 11.3. The van der Waals surface area contributed by atoms with E-state index in [0.29, 0.717) is 28.7 Å². The third-order valence-corrected chi connectivity index (χ3v) is 5.96. The van der Waals surface area contributed by atoms with Crippen LogP contribution in [0.2, 0.25) is 5.02 Å². The van der Waals surface area contributed by atoms with E-state index < -0.39 is 10.7 Å². The minimum Gasteiger partial charge on any atom is -0.481 e. The third-order valence-electron chi connectivity index (χ3n) is 5.19. The summed E-state index contributed by atoms with van der Waals surface area (Å²) in [5.41, 5.74) is 0.577. The number of hydrogen-bond acceptors (Lipinski definition) is 6. The lowest BCUT2D eigenvalue weighted by molar-refractivity contribution is -0.385. The molecule has 1 aromatic heterocycles. The van der Waals surface area contributed by atoms with Gasteiger partial charge in [-0.15, -0.1) is 0 Å². The number of ether oxygens (including phenoxy) is 1. The highest BCUT2D eigenvalue weighted by Gasteiger charge is 2.21. The summed E-state index contributed by atoms with van der Waals surface area (Å²) in [6, 6.07) is 13.6. The molecular weight excluding hydrogens is 555 g/mol. The largest absolute Gasteiger partial charge is 0.481 e. The first-order chi connectivity index (χ1) is 17.3. The Bertz CT molecular complexity index is 1560. The van der Waals surface area contributed by atoms with Crippen LogP contribution in [0.3, 0.4) is 0 Å². The molecule has 4 rings (SSSR count). The fraction of sp³-hybridized carbons (Fsp3) is 0.160. The molecule has 0 atom stereocenters. The maximum absolute atomic E-state index is 13.4. The van der Waals surface area contributed by atoms with Crippen LogP contribution in [-0.4, -0.2) is 20.8 Å². The van der Waals surface area contributed by atoms with E-state index in [2.05, 4.69) is 26.0 Å². The van der Waals surface area contributed by atoms with E-state index in [-0.39, 0.29) is 34.2 Å². The van der Waals surface area contributed by atoms with E-state index in [1.54, 1.807) is 24.3 Å². The number of nitrogens with zero attached hydrogens (tertiary/aromatic N) is 4. The Morgan fingerprint density at radius 2 is 2.06 bits per heavy atom. The number of fused-ring (bicyclic) bond motifs is 1. The molecule has 0 aliphatic rings. The van der Waals surface area contributed by atoms with Gasteiger partial charge in [-0.05, 0) is 48.4 Å². The average Bonchev–Trinajstić information content (AvgIpc) is 2.83. The van der Waals surface area contributed by atoms with Crippen LogP contribution in [0.1, 0.15) is 30.3 Å². The molecule has 0 fully saturated rings. The summed E-state index contributed by atoms with van der Waals surface area (Å²) < 4.78 is 20.9. The number of aromatic nitrogens is 2. The first-order valence-electron chi connectivity index (χ1n) is 10.9. The molecule has 0 aliphatic carbocycles. The molecule has 184 valence electrons. The summed E-state index contributed by atoms with van der Waals surface area (Å²) >= 11 is 9.67. The molecule has 0 amide bonds. The summed E-state index contributed by atoms with van der Waals surface area (Å²) in [6.45, 7) is 1.84. The molecule has 0 bridgehead atoms. The maximum atomic E-state index is 13.4. The number of benzene rings is 3. The topological polar surface area (TPSA) is 99.6 Å². The average molecular weight is 574 g/mol. The number of nitro groups is 1. The van der Waals surface area contributed by atoms with Gasteiger partial charge in [-0.1, -0.05) is 46.6 Å². The SMILES string of the molecule is CCCc1nc2ccc(Br)cc2c(=O)n1N=Cc1cc(Cl)c(OCc2cccc(F)c2)c([N+](=O)[O-])c1. The highest BCUT2D eigenvalue weighted by molar-refractivity contribution is 9.10. The summed E-state index contributed by atoms with van der Waals surface area (Å²) in [7, 11) is 0. The fourth-order valence-electron chi connectivity index (χ4n) is 3.56. The lowest BCUT2D eigenvalue weighted by Gasteiger charge is -2.10. The lowest BCUT2D eigenvalue weighted by atomic mass is 10.2. The van der Waals surface area contributed by atoms with Crippen molar-refractivity contribution >= 4 is 50.3 Å². The van der Waals surface area contributed by atoms with Crippen molar-refractivity contribution in [2.45, 2.75) is 26.4 Å². The van der Waals surface area contributed by atoms with Crippen LogP contribution in [0.5, 0.6) is 5.75 Å². The molecule has 0 N–H and O–H groups in total. The Morgan fingerprint density at radius 3 is 2.78 bits per heavy atom. The monoisotopic (exact) mass is 572 g/mol. The molecule has 0 unspecified atom stereocenters. The third kappa shape index (κ3) is 5.60. The zero-order chi connectivity index (χ0) is 25.8. The predicted molar refractivity (Wildman–Crippen MR) is 140 cm³/mol. The van der Waals surface area contributed by atoms with E-state index in [4.69, 9.17) is 16.3 Å². The maximum Gasteiger partial charge on any atom is 0.313 e. The number of rotatable bonds is 8. The van der Waals surface area contributed by atoms with Gasteiger partial charge in [0.15, 0.2) is 0 Å². The van der Waals surface area contributed by atoms with Crippen molar-refractivity contribution in [2.24, 2.45) is 5.10 Å². The van der Waals surface area contributed by atoms with E-state index in [1.807, 2.05) is 6.92 Å². The zero-order valence-electron chi connectivity index (χ0n) is 19.0. The molecule has 1 heterocycles. The number of halogens is 3. The first-order valence-corrected chi connectivity index (χ1v) is 12.0. The second-order valence-electron chi connectivity index (χ2n) is 7.83. The molecular formula is C25H19BrClFN4O4.